The molecule has 3 aliphatic rings. The van der Waals surface area contributed by atoms with E-state index in [0.29, 0.717) is 17.5 Å². The summed E-state index contributed by atoms with van der Waals surface area (Å²) in [6.07, 6.45) is 9.54. The standard InChI is InChI=1S/C31H37N5O3/c1-17(2)36-26(12-13-33-36)30(38)35-28(27(19-4-5-19)20-6-7-20)31(39)34-22-9-11-23-21(15-22)8-10-24(23)25-14-18(3)16-32-29(25)37/h9,11-17,19-20,24,27-28H,4-8,10H2,1-3H3,(H,32,37)(H,34,39)(H,35,38)/t24?,28-/m0/s1. The second kappa shape index (κ2) is 10.1. The average Bonchev–Trinajstić information content (AvgIpc) is 3.83. The first-order valence-corrected chi connectivity index (χ1v) is 14.3. The minimum Gasteiger partial charge on any atom is -0.339 e. The van der Waals surface area contributed by atoms with Gasteiger partial charge >= 0.3 is 0 Å². The molecular formula is C31H37N5O3. The molecule has 2 atom stereocenters. The van der Waals surface area contributed by atoms with E-state index in [1.54, 1.807) is 23.1 Å². The van der Waals surface area contributed by atoms with Crippen LogP contribution in [0.5, 0.6) is 0 Å². The summed E-state index contributed by atoms with van der Waals surface area (Å²) < 4.78 is 1.70. The molecule has 1 unspecified atom stereocenters. The summed E-state index contributed by atoms with van der Waals surface area (Å²) >= 11 is 0. The number of nitrogens with zero attached hydrogens (tertiary/aromatic N) is 2. The van der Waals surface area contributed by atoms with Crippen LogP contribution >= 0.6 is 0 Å². The maximum Gasteiger partial charge on any atom is 0.270 e. The number of hydrogen-bond acceptors (Lipinski definition) is 4. The van der Waals surface area contributed by atoms with E-state index in [1.807, 2.05) is 45.0 Å². The number of pyridine rings is 1. The summed E-state index contributed by atoms with van der Waals surface area (Å²) in [5.74, 6) is 0.755. The maximum absolute atomic E-state index is 13.8. The molecule has 39 heavy (non-hydrogen) atoms. The van der Waals surface area contributed by atoms with Crippen molar-refractivity contribution in [1.82, 2.24) is 20.1 Å². The van der Waals surface area contributed by atoms with E-state index in [4.69, 9.17) is 0 Å². The molecule has 3 aliphatic carbocycles. The zero-order chi connectivity index (χ0) is 27.3. The number of benzene rings is 1. The maximum atomic E-state index is 13.8. The Morgan fingerprint density at radius 2 is 1.77 bits per heavy atom. The molecule has 0 saturated heterocycles. The van der Waals surface area contributed by atoms with E-state index in [0.717, 1.165) is 66.5 Å². The molecule has 0 radical (unpaired) electrons. The Kier molecular flexibility index (Phi) is 6.65. The lowest BCUT2D eigenvalue weighted by Gasteiger charge is -2.28. The van der Waals surface area contributed by atoms with Gasteiger partial charge in [0.1, 0.15) is 11.7 Å². The van der Waals surface area contributed by atoms with Gasteiger partial charge in [-0.25, -0.2) is 0 Å². The molecule has 2 fully saturated rings. The summed E-state index contributed by atoms with van der Waals surface area (Å²) in [4.78, 5) is 42.6. The van der Waals surface area contributed by atoms with Crippen LogP contribution in [0.25, 0.3) is 0 Å². The van der Waals surface area contributed by atoms with Crippen LogP contribution in [0.1, 0.15) is 90.7 Å². The van der Waals surface area contributed by atoms with Crippen LogP contribution in [0.4, 0.5) is 5.69 Å². The second-order valence-electron chi connectivity index (χ2n) is 11.9. The number of fused-ring (bicyclic) bond motifs is 1. The van der Waals surface area contributed by atoms with Gasteiger partial charge in [0.05, 0.1) is 0 Å². The largest absolute Gasteiger partial charge is 0.339 e. The Labute approximate surface area is 228 Å². The fraction of sp³-hybridized carbons (Fsp3) is 0.484. The van der Waals surface area contributed by atoms with Crippen molar-refractivity contribution in [1.29, 1.82) is 0 Å². The Bertz CT molecular complexity index is 1450. The Hall–Kier alpha value is -3.68. The van der Waals surface area contributed by atoms with Gasteiger partial charge in [0.15, 0.2) is 0 Å². The molecular weight excluding hydrogens is 490 g/mol. The number of carbonyl (C=O) groups excluding carboxylic acids is 2. The third-order valence-electron chi connectivity index (χ3n) is 8.62. The predicted molar refractivity (Wildman–Crippen MR) is 150 cm³/mol. The fourth-order valence-corrected chi connectivity index (χ4v) is 6.46. The lowest BCUT2D eigenvalue weighted by atomic mass is 9.88. The highest BCUT2D eigenvalue weighted by atomic mass is 16.2. The van der Waals surface area contributed by atoms with Gasteiger partial charge in [0, 0.05) is 35.6 Å². The van der Waals surface area contributed by atoms with Crippen LogP contribution in [0.3, 0.4) is 0 Å². The van der Waals surface area contributed by atoms with Crippen molar-refractivity contribution in [2.24, 2.45) is 17.8 Å². The van der Waals surface area contributed by atoms with Crippen molar-refractivity contribution >= 4 is 17.5 Å². The molecule has 3 aromatic rings. The number of hydrogen-bond donors (Lipinski definition) is 3. The molecule has 3 N–H and O–H groups in total. The number of amides is 2. The van der Waals surface area contributed by atoms with Gasteiger partial charge in [-0.15, -0.1) is 0 Å². The van der Waals surface area contributed by atoms with E-state index in [1.165, 1.54) is 0 Å². The first kappa shape index (κ1) is 25.6. The van der Waals surface area contributed by atoms with Gasteiger partial charge in [0.2, 0.25) is 5.91 Å². The molecule has 204 valence electrons. The van der Waals surface area contributed by atoms with Gasteiger partial charge < -0.3 is 15.6 Å². The van der Waals surface area contributed by atoms with Crippen LogP contribution in [0.2, 0.25) is 0 Å². The number of carbonyl (C=O) groups is 2. The average molecular weight is 528 g/mol. The molecule has 2 amide bonds. The van der Waals surface area contributed by atoms with E-state index < -0.39 is 6.04 Å². The van der Waals surface area contributed by atoms with Crippen LogP contribution < -0.4 is 16.2 Å². The fourth-order valence-electron chi connectivity index (χ4n) is 6.46. The van der Waals surface area contributed by atoms with Gasteiger partial charge in [-0.3, -0.25) is 19.1 Å². The number of H-pyrrole nitrogens is 1. The van der Waals surface area contributed by atoms with E-state index in [9.17, 15) is 14.4 Å². The highest BCUT2D eigenvalue weighted by molar-refractivity contribution is 6.01. The van der Waals surface area contributed by atoms with Crippen molar-refractivity contribution in [3.63, 3.8) is 0 Å². The molecule has 8 nitrogen and oxygen atoms in total. The third-order valence-corrected chi connectivity index (χ3v) is 8.62. The molecule has 8 heteroatoms. The Morgan fingerprint density at radius 3 is 2.46 bits per heavy atom. The van der Waals surface area contributed by atoms with Crippen LogP contribution in [-0.4, -0.2) is 32.6 Å². The number of aromatic nitrogens is 3. The molecule has 0 bridgehead atoms. The molecule has 1 aromatic carbocycles. The Morgan fingerprint density at radius 1 is 1.03 bits per heavy atom. The van der Waals surface area contributed by atoms with Gasteiger partial charge in [-0.2, -0.15) is 5.10 Å². The van der Waals surface area contributed by atoms with E-state index >= 15 is 0 Å². The summed E-state index contributed by atoms with van der Waals surface area (Å²) in [5, 5.41) is 10.6. The van der Waals surface area contributed by atoms with Crippen molar-refractivity contribution < 1.29 is 9.59 Å². The molecule has 0 spiro atoms. The topological polar surface area (TPSA) is 109 Å². The van der Waals surface area contributed by atoms with Gasteiger partial charge in [-0.1, -0.05) is 6.07 Å². The van der Waals surface area contributed by atoms with Gasteiger partial charge in [0.25, 0.3) is 11.5 Å². The van der Waals surface area contributed by atoms with Crippen molar-refractivity contribution in [2.45, 2.75) is 77.3 Å². The minimum absolute atomic E-state index is 0.0422. The number of rotatable bonds is 9. The van der Waals surface area contributed by atoms with E-state index in [-0.39, 0.29) is 35.3 Å². The van der Waals surface area contributed by atoms with Crippen molar-refractivity contribution in [3.05, 3.63) is 81.0 Å². The molecule has 6 rings (SSSR count). The van der Waals surface area contributed by atoms with Crippen molar-refractivity contribution in [3.8, 4) is 0 Å². The van der Waals surface area contributed by atoms with Gasteiger partial charge in [-0.05, 0) is 118 Å². The lowest BCUT2D eigenvalue weighted by molar-refractivity contribution is -0.119. The number of anilines is 1. The zero-order valence-corrected chi connectivity index (χ0v) is 22.9. The predicted octanol–water partition coefficient (Wildman–Crippen LogP) is 4.71. The monoisotopic (exact) mass is 527 g/mol. The first-order chi connectivity index (χ1) is 18.8. The third kappa shape index (κ3) is 5.16. The van der Waals surface area contributed by atoms with E-state index in [2.05, 4.69) is 20.7 Å². The van der Waals surface area contributed by atoms with Crippen LogP contribution in [0, 0.1) is 24.7 Å². The van der Waals surface area contributed by atoms with Crippen LogP contribution in [-0.2, 0) is 11.2 Å². The Balaban J connectivity index is 1.23. The highest BCUT2D eigenvalue weighted by Crippen LogP contribution is 2.51. The molecule has 2 saturated carbocycles. The molecule has 2 heterocycles. The smallest absolute Gasteiger partial charge is 0.270 e. The minimum atomic E-state index is -0.597. The molecule has 0 aliphatic heterocycles. The summed E-state index contributed by atoms with van der Waals surface area (Å²) in [5.41, 5.74) is 5.29. The number of nitrogens with one attached hydrogen (secondary N) is 3. The number of aromatic amines is 1. The zero-order valence-electron chi connectivity index (χ0n) is 22.9. The lowest BCUT2D eigenvalue weighted by Crippen LogP contribution is -2.50. The molecule has 2 aromatic heterocycles. The summed E-state index contributed by atoms with van der Waals surface area (Å²) in [6.45, 7) is 5.95. The second-order valence-corrected chi connectivity index (χ2v) is 11.9. The van der Waals surface area contributed by atoms with Crippen LogP contribution in [0.15, 0.2) is 47.5 Å². The highest BCUT2D eigenvalue weighted by Gasteiger charge is 2.48. The first-order valence-electron chi connectivity index (χ1n) is 14.3. The number of aryl methyl sites for hydroxylation is 2. The summed E-state index contributed by atoms with van der Waals surface area (Å²) in [7, 11) is 0. The normalized spacial score (nSPS) is 19.3. The summed E-state index contributed by atoms with van der Waals surface area (Å²) in [6, 6.07) is 9.13. The SMILES string of the molecule is Cc1c[nH]c(=O)c(C2CCc3cc(NC(=O)[C@@H](NC(=O)c4ccnn4C(C)C)C(C4CC4)C4CC4)ccc32)c1. The van der Waals surface area contributed by atoms with Crippen molar-refractivity contribution in [2.75, 3.05) is 5.32 Å². The quantitative estimate of drug-likeness (QED) is 0.374.